The summed E-state index contributed by atoms with van der Waals surface area (Å²) in [6.45, 7) is 5.86. The van der Waals surface area contributed by atoms with Crippen molar-refractivity contribution in [2.45, 2.75) is 57.7 Å². The van der Waals surface area contributed by atoms with Gasteiger partial charge < -0.3 is 15.0 Å². The number of likely N-dealkylation sites (N-methyl/N-ethyl adjacent to an activating group) is 1. The second-order valence-corrected chi connectivity index (χ2v) is 7.34. The van der Waals surface area contributed by atoms with Gasteiger partial charge in [-0.15, -0.1) is 0 Å². The van der Waals surface area contributed by atoms with Crippen LogP contribution in [0.25, 0.3) is 0 Å². The van der Waals surface area contributed by atoms with Crippen LogP contribution in [0.5, 0.6) is 0 Å². The maximum atomic E-state index is 12.6. The van der Waals surface area contributed by atoms with Gasteiger partial charge in [-0.25, -0.2) is 0 Å². The second kappa shape index (κ2) is 7.62. The van der Waals surface area contributed by atoms with Crippen LogP contribution in [-0.4, -0.2) is 62.3 Å². The molecule has 0 radical (unpaired) electrons. The first kappa shape index (κ1) is 18.2. The van der Waals surface area contributed by atoms with Gasteiger partial charge in [0.2, 0.25) is 11.8 Å². The zero-order chi connectivity index (χ0) is 17.0. The van der Waals surface area contributed by atoms with Crippen LogP contribution in [0, 0.1) is 5.92 Å². The zero-order valence-corrected chi connectivity index (χ0v) is 15.0. The summed E-state index contributed by atoms with van der Waals surface area (Å²) in [6, 6.07) is -0.482. The van der Waals surface area contributed by atoms with E-state index in [9.17, 15) is 9.59 Å². The summed E-state index contributed by atoms with van der Waals surface area (Å²) in [5.41, 5.74) is -0.556. The van der Waals surface area contributed by atoms with Crippen molar-refractivity contribution in [2.75, 3.05) is 33.8 Å². The number of rotatable bonds is 5. The summed E-state index contributed by atoms with van der Waals surface area (Å²) < 4.78 is 6.09. The maximum Gasteiger partial charge on any atom is 0.245 e. The summed E-state index contributed by atoms with van der Waals surface area (Å²) in [4.78, 5) is 28.2. The molecule has 1 aliphatic carbocycles. The molecule has 0 unspecified atom stereocenters. The SMILES string of the molecule is CCC(=O)N1[C@H](C(=O)NCC[NH+](C)C)CO[C@]12CCC[C@H](C)C2. The van der Waals surface area contributed by atoms with Gasteiger partial charge in [0, 0.05) is 6.42 Å². The molecule has 0 aromatic heterocycles. The van der Waals surface area contributed by atoms with Crippen molar-refractivity contribution in [1.82, 2.24) is 10.2 Å². The van der Waals surface area contributed by atoms with Gasteiger partial charge in [-0.2, -0.15) is 0 Å². The minimum atomic E-state index is -0.556. The Morgan fingerprint density at radius 3 is 2.74 bits per heavy atom. The van der Waals surface area contributed by atoms with E-state index in [1.54, 1.807) is 4.90 Å². The predicted octanol–water partition coefficient (Wildman–Crippen LogP) is -0.209. The standard InChI is InChI=1S/C17H31N3O3/c1-5-15(21)20-14(16(22)18-9-10-19(3)4)12-23-17(20)8-6-7-13(2)11-17/h13-14H,5-12H2,1-4H3,(H,18,22)/p+1/t13-,14-,17-/m0/s1. The van der Waals surface area contributed by atoms with E-state index in [0.29, 0.717) is 25.5 Å². The van der Waals surface area contributed by atoms with Crippen molar-refractivity contribution in [3.8, 4) is 0 Å². The smallest absolute Gasteiger partial charge is 0.245 e. The van der Waals surface area contributed by atoms with E-state index < -0.39 is 11.8 Å². The molecule has 6 nitrogen and oxygen atoms in total. The first-order valence-electron chi connectivity index (χ1n) is 8.92. The quantitative estimate of drug-likeness (QED) is 0.735. The van der Waals surface area contributed by atoms with Crippen LogP contribution in [-0.2, 0) is 14.3 Å². The number of quaternary nitrogens is 1. The van der Waals surface area contributed by atoms with Crippen LogP contribution >= 0.6 is 0 Å². The zero-order valence-electron chi connectivity index (χ0n) is 15.0. The summed E-state index contributed by atoms with van der Waals surface area (Å²) in [6.07, 6.45) is 4.30. The fraction of sp³-hybridized carbons (Fsp3) is 0.882. The molecule has 132 valence electrons. The number of amides is 2. The molecule has 2 amide bonds. The van der Waals surface area contributed by atoms with Crippen molar-refractivity contribution in [3.63, 3.8) is 0 Å². The van der Waals surface area contributed by atoms with E-state index in [2.05, 4.69) is 26.3 Å². The number of nitrogens with zero attached hydrogens (tertiary/aromatic N) is 1. The van der Waals surface area contributed by atoms with Gasteiger partial charge in [0.05, 0.1) is 33.8 Å². The number of hydrogen-bond acceptors (Lipinski definition) is 3. The van der Waals surface area contributed by atoms with Crippen LogP contribution in [0.1, 0.15) is 46.0 Å². The van der Waals surface area contributed by atoms with Crippen molar-refractivity contribution in [2.24, 2.45) is 5.92 Å². The number of carbonyl (C=O) groups is 2. The van der Waals surface area contributed by atoms with Gasteiger partial charge in [-0.1, -0.05) is 20.3 Å². The summed E-state index contributed by atoms with van der Waals surface area (Å²) >= 11 is 0. The Morgan fingerprint density at radius 1 is 1.39 bits per heavy atom. The third-order valence-electron chi connectivity index (χ3n) is 4.99. The minimum absolute atomic E-state index is 0.0231. The van der Waals surface area contributed by atoms with Gasteiger partial charge in [-0.3, -0.25) is 14.5 Å². The Balaban J connectivity index is 2.10. The molecule has 2 aliphatic rings. The third-order valence-corrected chi connectivity index (χ3v) is 4.99. The maximum absolute atomic E-state index is 12.6. The van der Waals surface area contributed by atoms with Crippen LogP contribution in [0.15, 0.2) is 0 Å². The summed E-state index contributed by atoms with van der Waals surface area (Å²) in [5, 5.41) is 2.96. The highest BCUT2D eigenvalue weighted by molar-refractivity contribution is 5.88. The Kier molecular flexibility index (Phi) is 6.03. The summed E-state index contributed by atoms with van der Waals surface area (Å²) in [7, 11) is 4.10. The Bertz CT molecular complexity index is 441. The van der Waals surface area contributed by atoms with Crippen LogP contribution < -0.4 is 10.2 Å². The largest absolute Gasteiger partial charge is 0.353 e. The van der Waals surface area contributed by atoms with Crippen LogP contribution in [0.3, 0.4) is 0 Å². The molecule has 3 atom stereocenters. The number of carbonyl (C=O) groups excluding carboxylic acids is 2. The highest BCUT2D eigenvalue weighted by Gasteiger charge is 2.53. The molecule has 6 heteroatoms. The fourth-order valence-electron chi connectivity index (χ4n) is 3.81. The van der Waals surface area contributed by atoms with Gasteiger partial charge in [0.15, 0.2) is 0 Å². The van der Waals surface area contributed by atoms with Gasteiger partial charge in [0.25, 0.3) is 0 Å². The van der Waals surface area contributed by atoms with Crippen molar-refractivity contribution < 1.29 is 19.2 Å². The molecule has 23 heavy (non-hydrogen) atoms. The van der Waals surface area contributed by atoms with E-state index in [0.717, 1.165) is 25.8 Å². The molecule has 1 aliphatic heterocycles. The molecular weight excluding hydrogens is 294 g/mol. The lowest BCUT2D eigenvalue weighted by molar-refractivity contribution is -0.856. The lowest BCUT2D eigenvalue weighted by Crippen LogP contribution is -3.06. The highest BCUT2D eigenvalue weighted by Crippen LogP contribution is 2.42. The lowest BCUT2D eigenvalue weighted by atomic mass is 9.83. The molecular formula is C17H32N3O3+. The molecule has 0 bridgehead atoms. The van der Waals surface area contributed by atoms with Crippen molar-refractivity contribution in [1.29, 1.82) is 0 Å². The molecule has 2 fully saturated rings. The van der Waals surface area contributed by atoms with Gasteiger partial charge in [0.1, 0.15) is 11.8 Å². The number of ether oxygens (including phenoxy) is 1. The van der Waals surface area contributed by atoms with E-state index >= 15 is 0 Å². The average molecular weight is 326 g/mol. The number of nitrogens with one attached hydrogen (secondary N) is 2. The molecule has 2 rings (SSSR count). The first-order chi connectivity index (χ1) is 10.9. The Labute approximate surface area is 139 Å². The summed E-state index contributed by atoms with van der Waals surface area (Å²) in [5.74, 6) is 0.466. The Morgan fingerprint density at radius 2 is 2.13 bits per heavy atom. The van der Waals surface area contributed by atoms with Crippen LogP contribution in [0.4, 0.5) is 0 Å². The first-order valence-corrected chi connectivity index (χ1v) is 8.92. The fourth-order valence-corrected chi connectivity index (χ4v) is 3.81. The normalized spacial score (nSPS) is 30.9. The molecule has 1 heterocycles. The molecule has 1 saturated carbocycles. The molecule has 0 aromatic carbocycles. The highest BCUT2D eigenvalue weighted by atomic mass is 16.5. The number of hydrogen-bond donors (Lipinski definition) is 2. The Hall–Kier alpha value is -1.14. The predicted molar refractivity (Wildman–Crippen MR) is 87.9 cm³/mol. The van der Waals surface area contributed by atoms with Crippen molar-refractivity contribution >= 4 is 11.8 Å². The van der Waals surface area contributed by atoms with E-state index in [-0.39, 0.29) is 11.8 Å². The third kappa shape index (κ3) is 4.04. The molecule has 1 saturated heterocycles. The van der Waals surface area contributed by atoms with E-state index in [4.69, 9.17) is 4.74 Å². The topological polar surface area (TPSA) is 63.1 Å². The van der Waals surface area contributed by atoms with Crippen molar-refractivity contribution in [3.05, 3.63) is 0 Å². The monoisotopic (exact) mass is 326 g/mol. The lowest BCUT2D eigenvalue weighted by Gasteiger charge is -2.43. The average Bonchev–Trinajstić information content (AvgIpc) is 2.84. The molecule has 1 spiro atoms. The van der Waals surface area contributed by atoms with Gasteiger partial charge >= 0.3 is 0 Å². The van der Waals surface area contributed by atoms with Gasteiger partial charge in [-0.05, 0) is 25.2 Å². The second-order valence-electron chi connectivity index (χ2n) is 7.34. The molecule has 2 N–H and O–H groups in total. The minimum Gasteiger partial charge on any atom is -0.353 e. The van der Waals surface area contributed by atoms with Crippen LogP contribution in [0.2, 0.25) is 0 Å². The van der Waals surface area contributed by atoms with E-state index in [1.807, 2.05) is 6.92 Å². The van der Waals surface area contributed by atoms with E-state index in [1.165, 1.54) is 11.3 Å². The molecule has 0 aromatic rings.